The number of hydrogen-bond acceptors (Lipinski definition) is 5. The average Bonchev–Trinajstić information content (AvgIpc) is 3.35. The summed E-state index contributed by atoms with van der Waals surface area (Å²) in [5, 5.41) is 3.25. The fraction of sp³-hybridized carbons (Fsp3) is 0.684. The van der Waals surface area contributed by atoms with Gasteiger partial charge in [0.1, 0.15) is 16.9 Å². The molecular formula is C19H28N4OS. The minimum Gasteiger partial charge on any atom is -0.375 e. The van der Waals surface area contributed by atoms with E-state index in [2.05, 4.69) is 28.8 Å². The Balaban J connectivity index is 1.53. The van der Waals surface area contributed by atoms with Crippen LogP contribution in [0.1, 0.15) is 72.7 Å². The monoisotopic (exact) mass is 360 g/mol. The predicted octanol–water partition coefficient (Wildman–Crippen LogP) is 3.80. The Morgan fingerprint density at radius 1 is 1.28 bits per heavy atom. The number of thiazole rings is 1. The lowest BCUT2D eigenvalue weighted by Gasteiger charge is -2.23. The molecule has 0 amide bonds. The first-order valence-corrected chi connectivity index (χ1v) is 10.3. The van der Waals surface area contributed by atoms with E-state index in [0.29, 0.717) is 6.04 Å². The third-order valence-electron chi connectivity index (χ3n) is 5.71. The van der Waals surface area contributed by atoms with Crippen LogP contribution in [-0.2, 0) is 31.2 Å². The lowest BCUT2D eigenvalue weighted by atomic mass is 10.0. The van der Waals surface area contributed by atoms with Crippen LogP contribution in [0, 0.1) is 0 Å². The lowest BCUT2D eigenvalue weighted by Crippen LogP contribution is -2.25. The van der Waals surface area contributed by atoms with Crippen LogP contribution in [0.25, 0.3) is 0 Å². The molecule has 1 saturated heterocycles. The molecule has 0 saturated carbocycles. The number of aryl methyl sites for hydroxylation is 1. The Bertz CT molecular complexity index is 738. The van der Waals surface area contributed by atoms with Gasteiger partial charge in [-0.05, 0) is 52.0 Å². The fourth-order valence-corrected chi connectivity index (χ4v) is 5.05. The Kier molecular flexibility index (Phi) is 4.93. The normalized spacial score (nSPS) is 22.3. The predicted molar refractivity (Wildman–Crippen MR) is 99.8 cm³/mol. The zero-order valence-corrected chi connectivity index (χ0v) is 16.3. The number of ether oxygens (including phenoxy) is 1. The molecule has 2 aromatic heterocycles. The van der Waals surface area contributed by atoms with E-state index >= 15 is 0 Å². The quantitative estimate of drug-likeness (QED) is 0.813. The molecular weight excluding hydrogens is 332 g/mol. The van der Waals surface area contributed by atoms with Crippen LogP contribution in [0.15, 0.2) is 5.38 Å². The Morgan fingerprint density at radius 2 is 2.12 bits per heavy atom. The third kappa shape index (κ3) is 3.27. The van der Waals surface area contributed by atoms with Gasteiger partial charge in [0.25, 0.3) is 0 Å². The van der Waals surface area contributed by atoms with Crippen LogP contribution >= 0.6 is 11.3 Å². The molecule has 136 valence electrons. The van der Waals surface area contributed by atoms with E-state index in [9.17, 15) is 0 Å². The summed E-state index contributed by atoms with van der Waals surface area (Å²) in [6.07, 6.45) is 7.46. The van der Waals surface area contributed by atoms with Crippen molar-refractivity contribution in [3.8, 4) is 0 Å². The van der Waals surface area contributed by atoms with E-state index < -0.39 is 0 Å². The maximum absolute atomic E-state index is 5.39. The molecule has 0 aromatic carbocycles. The van der Waals surface area contributed by atoms with E-state index in [1.165, 1.54) is 49.3 Å². The second-order valence-electron chi connectivity index (χ2n) is 7.31. The van der Waals surface area contributed by atoms with Crippen molar-refractivity contribution in [3.05, 3.63) is 33.3 Å². The molecule has 0 unspecified atom stereocenters. The highest BCUT2D eigenvalue weighted by atomic mass is 32.1. The van der Waals surface area contributed by atoms with Gasteiger partial charge in [-0.15, -0.1) is 11.3 Å². The van der Waals surface area contributed by atoms with E-state index in [1.54, 1.807) is 18.4 Å². The number of nitrogens with zero attached hydrogens (tertiary/aromatic N) is 4. The summed E-state index contributed by atoms with van der Waals surface area (Å²) < 4.78 is 7.78. The summed E-state index contributed by atoms with van der Waals surface area (Å²) in [4.78, 5) is 12.4. The van der Waals surface area contributed by atoms with Crippen molar-refractivity contribution in [1.82, 2.24) is 19.4 Å². The smallest absolute Gasteiger partial charge is 0.126 e. The number of methoxy groups -OCH3 is 1. The molecule has 2 atom stereocenters. The zero-order valence-electron chi connectivity index (χ0n) is 15.5. The maximum atomic E-state index is 5.39. The van der Waals surface area contributed by atoms with Crippen LogP contribution in [-0.4, -0.2) is 33.1 Å². The SMILES string of the molecule is CO[C@H](C)c1nc(CN2CCC[C@H]2c2nc3c(n2C)CCCC3)cs1. The molecule has 1 aliphatic carbocycles. The number of likely N-dealkylation sites (tertiary alicyclic amines) is 1. The van der Waals surface area contributed by atoms with Gasteiger partial charge in [0.15, 0.2) is 0 Å². The van der Waals surface area contributed by atoms with E-state index in [1.807, 2.05) is 0 Å². The van der Waals surface area contributed by atoms with Gasteiger partial charge < -0.3 is 9.30 Å². The molecule has 1 fully saturated rings. The first kappa shape index (κ1) is 17.2. The molecule has 0 N–H and O–H groups in total. The van der Waals surface area contributed by atoms with Crippen LogP contribution in [0.2, 0.25) is 0 Å². The Hall–Kier alpha value is -1.24. The topological polar surface area (TPSA) is 43.2 Å². The molecule has 1 aliphatic heterocycles. The zero-order chi connectivity index (χ0) is 17.4. The van der Waals surface area contributed by atoms with Crippen molar-refractivity contribution in [2.24, 2.45) is 7.05 Å². The average molecular weight is 361 g/mol. The van der Waals surface area contributed by atoms with Gasteiger partial charge in [-0.25, -0.2) is 9.97 Å². The van der Waals surface area contributed by atoms with Crippen molar-refractivity contribution in [2.45, 2.75) is 64.1 Å². The fourth-order valence-electron chi connectivity index (χ4n) is 4.20. The summed E-state index contributed by atoms with van der Waals surface area (Å²) in [6, 6.07) is 0.431. The standard InChI is InChI=1S/C19H28N4OS/c1-13(24-3)19-20-14(12-25-19)11-23-10-6-9-17(23)18-21-15-7-4-5-8-16(15)22(18)2/h12-13,17H,4-11H2,1-3H3/t13-,17+/m1/s1. The molecule has 25 heavy (non-hydrogen) atoms. The van der Waals surface area contributed by atoms with Gasteiger partial charge in [0.2, 0.25) is 0 Å². The van der Waals surface area contributed by atoms with Crippen molar-refractivity contribution >= 4 is 11.3 Å². The van der Waals surface area contributed by atoms with E-state index in [0.717, 1.165) is 30.2 Å². The first-order chi connectivity index (χ1) is 12.2. The second kappa shape index (κ2) is 7.17. The Morgan fingerprint density at radius 3 is 2.92 bits per heavy atom. The molecule has 3 heterocycles. The number of aromatic nitrogens is 3. The van der Waals surface area contributed by atoms with Gasteiger partial charge in [-0.3, -0.25) is 4.90 Å². The minimum absolute atomic E-state index is 0.0781. The molecule has 0 bridgehead atoms. The van der Waals surface area contributed by atoms with Crippen molar-refractivity contribution < 1.29 is 4.74 Å². The third-order valence-corrected chi connectivity index (χ3v) is 6.76. The van der Waals surface area contributed by atoms with Crippen LogP contribution in [0.3, 0.4) is 0 Å². The summed E-state index contributed by atoms with van der Waals surface area (Å²) in [5.74, 6) is 1.27. The number of rotatable bonds is 5. The summed E-state index contributed by atoms with van der Waals surface area (Å²) in [7, 11) is 3.95. The number of fused-ring (bicyclic) bond motifs is 1. The van der Waals surface area contributed by atoms with Crippen LogP contribution in [0.5, 0.6) is 0 Å². The minimum atomic E-state index is 0.0781. The Labute approximate surface area is 154 Å². The van der Waals surface area contributed by atoms with E-state index in [-0.39, 0.29) is 6.10 Å². The molecule has 4 rings (SSSR count). The molecule has 6 heteroatoms. The molecule has 0 radical (unpaired) electrons. The van der Waals surface area contributed by atoms with E-state index in [4.69, 9.17) is 14.7 Å². The maximum Gasteiger partial charge on any atom is 0.126 e. The summed E-state index contributed by atoms with van der Waals surface area (Å²) in [5.41, 5.74) is 3.98. The van der Waals surface area contributed by atoms with Crippen LogP contribution in [0.4, 0.5) is 0 Å². The summed E-state index contributed by atoms with van der Waals surface area (Å²) >= 11 is 1.70. The first-order valence-electron chi connectivity index (χ1n) is 9.43. The highest BCUT2D eigenvalue weighted by Crippen LogP contribution is 2.35. The number of imidazole rings is 1. The van der Waals surface area contributed by atoms with Crippen molar-refractivity contribution in [3.63, 3.8) is 0 Å². The van der Waals surface area contributed by atoms with Crippen LogP contribution < -0.4 is 0 Å². The molecule has 5 nitrogen and oxygen atoms in total. The largest absolute Gasteiger partial charge is 0.375 e. The van der Waals surface area contributed by atoms with Gasteiger partial charge in [0.05, 0.1) is 17.4 Å². The lowest BCUT2D eigenvalue weighted by molar-refractivity contribution is 0.119. The summed E-state index contributed by atoms with van der Waals surface area (Å²) in [6.45, 7) is 4.10. The van der Waals surface area contributed by atoms with Gasteiger partial charge in [-0.1, -0.05) is 0 Å². The highest BCUT2D eigenvalue weighted by molar-refractivity contribution is 7.09. The molecule has 0 spiro atoms. The molecule has 2 aliphatic rings. The second-order valence-corrected chi connectivity index (χ2v) is 8.20. The van der Waals surface area contributed by atoms with Crippen molar-refractivity contribution in [1.29, 1.82) is 0 Å². The molecule has 2 aromatic rings. The number of hydrogen-bond donors (Lipinski definition) is 0. The highest BCUT2D eigenvalue weighted by Gasteiger charge is 2.32. The van der Waals surface area contributed by atoms with Gasteiger partial charge in [0, 0.05) is 31.8 Å². The van der Waals surface area contributed by atoms with Gasteiger partial charge in [-0.2, -0.15) is 0 Å². The van der Waals surface area contributed by atoms with Gasteiger partial charge >= 0.3 is 0 Å². The van der Waals surface area contributed by atoms with Crippen molar-refractivity contribution in [2.75, 3.05) is 13.7 Å².